The zero-order valence-corrected chi connectivity index (χ0v) is 16.2. The molecule has 28 heavy (non-hydrogen) atoms. The molecule has 2 heterocycles. The van der Waals surface area contributed by atoms with Crippen molar-refractivity contribution in [3.05, 3.63) is 23.8 Å². The number of carboxylic acids is 1. The maximum atomic E-state index is 12.7. The summed E-state index contributed by atoms with van der Waals surface area (Å²) in [5.41, 5.74) is 2.72. The predicted octanol–water partition coefficient (Wildman–Crippen LogP) is 2.95. The van der Waals surface area contributed by atoms with Gasteiger partial charge in [0.25, 0.3) is 0 Å². The Hall–Kier alpha value is -2.57. The molecule has 7 heteroatoms. The summed E-state index contributed by atoms with van der Waals surface area (Å²) in [5.74, 6) is -0.402. The van der Waals surface area contributed by atoms with Gasteiger partial charge >= 0.3 is 12.0 Å². The zero-order valence-electron chi connectivity index (χ0n) is 16.2. The van der Waals surface area contributed by atoms with Gasteiger partial charge in [-0.1, -0.05) is 6.92 Å². The number of fused-ring (bicyclic) bond motifs is 1. The van der Waals surface area contributed by atoms with E-state index in [0.29, 0.717) is 37.4 Å². The fourth-order valence-corrected chi connectivity index (χ4v) is 4.30. The van der Waals surface area contributed by atoms with Gasteiger partial charge in [-0.25, -0.2) is 4.79 Å². The van der Waals surface area contributed by atoms with Crippen molar-refractivity contribution in [1.82, 2.24) is 4.90 Å². The summed E-state index contributed by atoms with van der Waals surface area (Å²) in [4.78, 5) is 39.8. The number of aryl methyl sites for hydroxylation is 1. The van der Waals surface area contributed by atoms with Gasteiger partial charge in [0.15, 0.2) is 0 Å². The minimum Gasteiger partial charge on any atom is -0.481 e. The number of amides is 3. The molecule has 1 saturated carbocycles. The summed E-state index contributed by atoms with van der Waals surface area (Å²) in [6, 6.07) is 5.43. The molecule has 1 saturated heterocycles. The highest BCUT2D eigenvalue weighted by Crippen LogP contribution is 2.36. The first-order valence-corrected chi connectivity index (χ1v) is 10.1. The summed E-state index contributed by atoms with van der Waals surface area (Å²) < 4.78 is 0. The number of likely N-dealkylation sites (tertiary alicyclic amines) is 1. The van der Waals surface area contributed by atoms with Crippen molar-refractivity contribution in [2.24, 2.45) is 17.8 Å². The van der Waals surface area contributed by atoms with E-state index in [1.807, 2.05) is 30.0 Å². The Morgan fingerprint density at radius 2 is 2.00 bits per heavy atom. The number of nitrogens with zero attached hydrogens (tertiary/aromatic N) is 2. The first-order valence-electron chi connectivity index (χ1n) is 10.1. The third kappa shape index (κ3) is 3.98. The molecule has 4 rings (SSSR count). The van der Waals surface area contributed by atoms with Crippen LogP contribution in [0.1, 0.15) is 38.2 Å². The highest BCUT2D eigenvalue weighted by molar-refractivity contribution is 5.97. The summed E-state index contributed by atoms with van der Waals surface area (Å²) in [5, 5.41) is 12.2. The smallest absolute Gasteiger partial charge is 0.321 e. The maximum Gasteiger partial charge on any atom is 0.321 e. The number of nitrogens with one attached hydrogen (secondary N) is 1. The van der Waals surface area contributed by atoms with Crippen molar-refractivity contribution < 1.29 is 19.5 Å². The number of piperidine rings is 1. The molecule has 3 aliphatic rings. The van der Waals surface area contributed by atoms with Gasteiger partial charge in [0, 0.05) is 37.4 Å². The molecule has 7 nitrogen and oxygen atoms in total. The minimum absolute atomic E-state index is 0.158. The standard InChI is InChI=1S/C21H27N3O4/c1-13-8-16(20(26)27)12-23(10-13)21(28)22-17-5-6-18-15(9-17)4-7-19(25)24(18)11-14-2-3-14/h5-6,9,13-14,16H,2-4,7-8,10-12H2,1H3,(H,22,28)(H,26,27). The highest BCUT2D eigenvalue weighted by Gasteiger charge is 2.33. The molecule has 2 N–H and O–H groups in total. The van der Waals surface area contributed by atoms with Gasteiger partial charge < -0.3 is 20.2 Å². The van der Waals surface area contributed by atoms with Crippen molar-refractivity contribution in [2.75, 3.05) is 29.9 Å². The molecular formula is C21H27N3O4. The van der Waals surface area contributed by atoms with Crippen LogP contribution in [0, 0.1) is 17.8 Å². The number of hydrogen-bond donors (Lipinski definition) is 2. The number of hydrogen-bond acceptors (Lipinski definition) is 3. The van der Waals surface area contributed by atoms with Crippen LogP contribution >= 0.6 is 0 Å². The second-order valence-corrected chi connectivity index (χ2v) is 8.50. The van der Waals surface area contributed by atoms with Crippen LogP contribution in [0.2, 0.25) is 0 Å². The van der Waals surface area contributed by atoms with Crippen LogP contribution in [-0.4, -0.2) is 47.5 Å². The van der Waals surface area contributed by atoms with Gasteiger partial charge in [0.2, 0.25) is 5.91 Å². The topological polar surface area (TPSA) is 90.0 Å². The SMILES string of the molecule is CC1CC(C(=O)O)CN(C(=O)Nc2ccc3c(c2)CCC(=O)N3CC2CC2)C1. The molecule has 0 aromatic heterocycles. The van der Waals surface area contributed by atoms with Crippen LogP contribution in [0.4, 0.5) is 16.2 Å². The van der Waals surface area contributed by atoms with Crippen LogP contribution in [-0.2, 0) is 16.0 Å². The Morgan fingerprint density at radius 1 is 1.21 bits per heavy atom. The van der Waals surface area contributed by atoms with Crippen LogP contribution in [0.15, 0.2) is 18.2 Å². The fraction of sp³-hybridized carbons (Fsp3) is 0.571. The lowest BCUT2D eigenvalue weighted by Crippen LogP contribution is -2.47. The Balaban J connectivity index is 1.46. The maximum absolute atomic E-state index is 12.7. The van der Waals surface area contributed by atoms with Crippen LogP contribution in [0.5, 0.6) is 0 Å². The van der Waals surface area contributed by atoms with Gasteiger partial charge in [-0.15, -0.1) is 0 Å². The molecule has 1 aromatic carbocycles. The number of benzene rings is 1. The Kier molecular flexibility index (Phi) is 5.00. The average molecular weight is 385 g/mol. The van der Waals surface area contributed by atoms with Crippen molar-refractivity contribution >= 4 is 29.3 Å². The molecule has 150 valence electrons. The molecule has 0 spiro atoms. The number of carbonyl (C=O) groups is 3. The first kappa shape index (κ1) is 18.8. The number of rotatable bonds is 4. The fourth-order valence-electron chi connectivity index (χ4n) is 4.30. The summed E-state index contributed by atoms with van der Waals surface area (Å²) in [6.07, 6.45) is 4.17. The molecule has 0 bridgehead atoms. The number of anilines is 2. The van der Waals surface area contributed by atoms with Crippen molar-refractivity contribution in [1.29, 1.82) is 0 Å². The molecule has 0 radical (unpaired) electrons. The molecule has 3 amide bonds. The van der Waals surface area contributed by atoms with E-state index in [0.717, 1.165) is 17.8 Å². The Bertz CT molecular complexity index is 805. The minimum atomic E-state index is -0.849. The van der Waals surface area contributed by atoms with Crippen molar-refractivity contribution in [2.45, 2.75) is 39.0 Å². The summed E-state index contributed by atoms with van der Waals surface area (Å²) in [6.45, 7) is 3.56. The van der Waals surface area contributed by atoms with Crippen molar-refractivity contribution in [3.63, 3.8) is 0 Å². The predicted molar refractivity (Wildman–Crippen MR) is 105 cm³/mol. The molecule has 1 aromatic rings. The second-order valence-electron chi connectivity index (χ2n) is 8.50. The lowest BCUT2D eigenvalue weighted by atomic mass is 9.91. The molecule has 2 aliphatic heterocycles. The second kappa shape index (κ2) is 7.45. The van der Waals surface area contributed by atoms with Gasteiger partial charge in [0.05, 0.1) is 5.92 Å². The van der Waals surface area contributed by atoms with Gasteiger partial charge in [-0.2, -0.15) is 0 Å². The number of urea groups is 1. The molecule has 1 aliphatic carbocycles. The molecule has 2 fully saturated rings. The van der Waals surface area contributed by atoms with E-state index >= 15 is 0 Å². The van der Waals surface area contributed by atoms with E-state index in [2.05, 4.69) is 5.32 Å². The zero-order chi connectivity index (χ0) is 19.8. The van der Waals surface area contributed by atoms with Gasteiger partial charge in [-0.3, -0.25) is 9.59 Å². The lowest BCUT2D eigenvalue weighted by molar-refractivity contribution is -0.143. The quantitative estimate of drug-likeness (QED) is 0.834. The van der Waals surface area contributed by atoms with Gasteiger partial charge in [0.1, 0.15) is 0 Å². The van der Waals surface area contributed by atoms with Crippen LogP contribution in [0.3, 0.4) is 0 Å². The van der Waals surface area contributed by atoms with E-state index in [4.69, 9.17) is 0 Å². The largest absolute Gasteiger partial charge is 0.481 e. The van der Waals surface area contributed by atoms with Crippen LogP contribution < -0.4 is 10.2 Å². The molecular weight excluding hydrogens is 358 g/mol. The summed E-state index contributed by atoms with van der Waals surface area (Å²) >= 11 is 0. The number of aliphatic carboxylic acids is 1. The van der Waals surface area contributed by atoms with E-state index in [1.165, 1.54) is 12.8 Å². The average Bonchev–Trinajstić information content (AvgIpc) is 3.47. The normalized spacial score (nSPS) is 24.7. The van der Waals surface area contributed by atoms with Crippen molar-refractivity contribution in [3.8, 4) is 0 Å². The number of carbonyl (C=O) groups excluding carboxylic acids is 2. The number of carboxylic acid groups (broad SMARTS) is 1. The van der Waals surface area contributed by atoms with E-state index < -0.39 is 11.9 Å². The van der Waals surface area contributed by atoms with Crippen LogP contribution in [0.25, 0.3) is 0 Å². The third-order valence-electron chi connectivity index (χ3n) is 5.96. The van der Waals surface area contributed by atoms with Gasteiger partial charge in [-0.05, 0) is 61.3 Å². The highest BCUT2D eigenvalue weighted by atomic mass is 16.4. The van der Waals surface area contributed by atoms with E-state index in [-0.39, 0.29) is 24.4 Å². The Labute approximate surface area is 164 Å². The van der Waals surface area contributed by atoms with E-state index in [9.17, 15) is 19.5 Å². The summed E-state index contributed by atoms with van der Waals surface area (Å²) in [7, 11) is 0. The lowest BCUT2D eigenvalue weighted by Gasteiger charge is -2.34. The Morgan fingerprint density at radius 3 is 2.71 bits per heavy atom. The monoisotopic (exact) mass is 385 g/mol. The third-order valence-corrected chi connectivity index (χ3v) is 5.96. The molecule has 2 unspecified atom stereocenters. The first-order chi connectivity index (χ1) is 13.4. The molecule has 2 atom stereocenters. The van der Waals surface area contributed by atoms with E-state index in [1.54, 1.807) is 4.90 Å².